The van der Waals surface area contributed by atoms with Crippen LogP contribution in [-0.2, 0) is 4.74 Å². The third-order valence-electron chi connectivity index (χ3n) is 1.83. The highest BCUT2D eigenvalue weighted by Gasteiger charge is 2.25. The van der Waals surface area contributed by atoms with Gasteiger partial charge in [-0.25, -0.2) is 0 Å². The molecule has 0 spiro atoms. The van der Waals surface area contributed by atoms with Crippen molar-refractivity contribution in [1.82, 2.24) is 0 Å². The minimum absolute atomic E-state index is 0.509. The summed E-state index contributed by atoms with van der Waals surface area (Å²) in [6.45, 7) is 3.07. The fraction of sp³-hybridized carbons (Fsp3) is 1.00. The lowest BCUT2D eigenvalue weighted by atomic mass is 10.2. The van der Waals surface area contributed by atoms with Gasteiger partial charge in [0.25, 0.3) is 0 Å². The van der Waals surface area contributed by atoms with E-state index in [1.807, 2.05) is 0 Å². The molecule has 2 atom stereocenters. The SMILES string of the molecule is CCC(CC1CO1)[SiH2]O. The van der Waals surface area contributed by atoms with Crippen LogP contribution in [-0.4, -0.2) is 27.3 Å². The van der Waals surface area contributed by atoms with Crippen LogP contribution in [0.4, 0.5) is 0 Å². The van der Waals surface area contributed by atoms with Crippen LogP contribution in [0.5, 0.6) is 0 Å². The highest BCUT2D eigenvalue weighted by molar-refractivity contribution is 6.27. The van der Waals surface area contributed by atoms with E-state index in [0.29, 0.717) is 11.6 Å². The Hall–Kier alpha value is 0.137. The largest absolute Gasteiger partial charge is 0.438 e. The van der Waals surface area contributed by atoms with Gasteiger partial charge in [-0.1, -0.05) is 13.3 Å². The molecule has 1 N–H and O–H groups in total. The monoisotopic (exact) mass is 146 g/mol. The van der Waals surface area contributed by atoms with Crippen LogP contribution in [0.15, 0.2) is 0 Å². The van der Waals surface area contributed by atoms with Crippen molar-refractivity contribution >= 4 is 9.76 Å². The van der Waals surface area contributed by atoms with Crippen molar-refractivity contribution < 1.29 is 9.53 Å². The van der Waals surface area contributed by atoms with Crippen molar-refractivity contribution in [1.29, 1.82) is 0 Å². The third kappa shape index (κ3) is 2.47. The van der Waals surface area contributed by atoms with Crippen LogP contribution in [0.2, 0.25) is 5.54 Å². The molecule has 54 valence electrons. The van der Waals surface area contributed by atoms with Crippen molar-refractivity contribution in [3.63, 3.8) is 0 Å². The van der Waals surface area contributed by atoms with Gasteiger partial charge in [0.05, 0.1) is 12.7 Å². The van der Waals surface area contributed by atoms with Crippen molar-refractivity contribution in [3.8, 4) is 0 Å². The van der Waals surface area contributed by atoms with Gasteiger partial charge in [-0.3, -0.25) is 0 Å². The second-order valence-corrected chi connectivity index (χ2v) is 4.17. The highest BCUT2D eigenvalue weighted by Crippen LogP contribution is 2.24. The molecule has 2 nitrogen and oxygen atoms in total. The smallest absolute Gasteiger partial charge is 0.159 e. The van der Waals surface area contributed by atoms with Crippen molar-refractivity contribution in [2.24, 2.45) is 0 Å². The Morgan fingerprint density at radius 1 is 1.89 bits per heavy atom. The molecule has 0 bridgehead atoms. The molecular weight excluding hydrogens is 132 g/mol. The molecule has 0 aromatic heterocycles. The van der Waals surface area contributed by atoms with Gasteiger partial charge in [0.2, 0.25) is 0 Å². The Morgan fingerprint density at radius 2 is 2.56 bits per heavy atom. The number of hydrogen-bond acceptors (Lipinski definition) is 2. The normalized spacial score (nSPS) is 29.3. The fourth-order valence-corrected chi connectivity index (χ4v) is 1.73. The summed E-state index contributed by atoms with van der Waals surface area (Å²) in [6.07, 6.45) is 2.75. The van der Waals surface area contributed by atoms with Crippen molar-refractivity contribution in [2.75, 3.05) is 6.61 Å². The lowest BCUT2D eigenvalue weighted by Crippen LogP contribution is -2.04. The first-order valence-electron chi connectivity index (χ1n) is 3.59. The van der Waals surface area contributed by atoms with E-state index in [0.717, 1.165) is 19.4 Å². The molecule has 0 saturated carbocycles. The maximum absolute atomic E-state index is 8.89. The van der Waals surface area contributed by atoms with E-state index in [2.05, 4.69) is 6.92 Å². The number of ether oxygens (including phenoxy) is 1. The molecule has 2 unspecified atom stereocenters. The number of epoxide rings is 1. The molecule has 0 radical (unpaired) electrons. The van der Waals surface area contributed by atoms with Gasteiger partial charge in [0, 0.05) is 0 Å². The summed E-state index contributed by atoms with van der Waals surface area (Å²) in [4.78, 5) is 8.89. The van der Waals surface area contributed by atoms with E-state index in [9.17, 15) is 0 Å². The van der Waals surface area contributed by atoms with Gasteiger partial charge in [0.15, 0.2) is 9.76 Å². The molecule has 0 aromatic carbocycles. The second kappa shape index (κ2) is 3.34. The van der Waals surface area contributed by atoms with Crippen LogP contribution in [0, 0.1) is 0 Å². The zero-order valence-electron chi connectivity index (χ0n) is 5.84. The zero-order chi connectivity index (χ0) is 6.69. The average molecular weight is 146 g/mol. The molecule has 3 heteroatoms. The average Bonchev–Trinajstić information content (AvgIpc) is 2.66. The second-order valence-electron chi connectivity index (χ2n) is 2.65. The maximum atomic E-state index is 8.89. The lowest BCUT2D eigenvalue weighted by Gasteiger charge is -2.06. The topological polar surface area (TPSA) is 32.8 Å². The molecular formula is C6H14O2Si. The van der Waals surface area contributed by atoms with Gasteiger partial charge in [0.1, 0.15) is 0 Å². The van der Waals surface area contributed by atoms with Crippen LogP contribution in [0.1, 0.15) is 19.8 Å². The minimum Gasteiger partial charge on any atom is -0.438 e. The van der Waals surface area contributed by atoms with Crippen LogP contribution in [0.3, 0.4) is 0 Å². The summed E-state index contributed by atoms with van der Waals surface area (Å²) in [5.74, 6) is 0. The third-order valence-corrected chi connectivity index (χ3v) is 3.26. The van der Waals surface area contributed by atoms with E-state index in [4.69, 9.17) is 9.53 Å². The Kier molecular flexibility index (Phi) is 2.69. The van der Waals surface area contributed by atoms with Crippen LogP contribution < -0.4 is 0 Å². The Morgan fingerprint density at radius 3 is 2.89 bits per heavy atom. The first-order valence-corrected chi connectivity index (χ1v) is 5.04. The number of rotatable bonds is 4. The predicted molar refractivity (Wildman–Crippen MR) is 39.2 cm³/mol. The van der Waals surface area contributed by atoms with Gasteiger partial charge < -0.3 is 9.53 Å². The quantitative estimate of drug-likeness (QED) is 0.449. The minimum atomic E-state index is -0.755. The molecule has 1 aliphatic rings. The summed E-state index contributed by atoms with van der Waals surface area (Å²) < 4.78 is 5.05. The van der Waals surface area contributed by atoms with E-state index in [1.165, 1.54) is 0 Å². The molecule has 1 saturated heterocycles. The lowest BCUT2D eigenvalue weighted by molar-refractivity contribution is 0.386. The maximum Gasteiger partial charge on any atom is 0.159 e. The predicted octanol–water partition coefficient (Wildman–Crippen LogP) is 0.0499. The molecule has 1 fully saturated rings. The first kappa shape index (κ1) is 7.25. The number of hydrogen-bond donors (Lipinski definition) is 1. The standard InChI is InChI=1S/C6H14O2Si/c1-2-6(9-7)3-5-4-8-5/h5-7H,2-4,9H2,1H3. The van der Waals surface area contributed by atoms with E-state index < -0.39 is 9.76 Å². The molecule has 1 aliphatic heterocycles. The Balaban J connectivity index is 2.05. The van der Waals surface area contributed by atoms with Gasteiger partial charge in [-0.2, -0.15) is 0 Å². The highest BCUT2D eigenvalue weighted by atomic mass is 28.2. The van der Waals surface area contributed by atoms with Gasteiger partial charge in [-0.05, 0) is 12.0 Å². The summed E-state index contributed by atoms with van der Waals surface area (Å²) in [7, 11) is -0.755. The Labute approximate surface area is 58.2 Å². The molecule has 0 aliphatic carbocycles. The fourth-order valence-electron chi connectivity index (χ4n) is 0.946. The zero-order valence-corrected chi connectivity index (χ0v) is 7.25. The molecule has 0 amide bonds. The first-order chi connectivity index (χ1) is 4.36. The van der Waals surface area contributed by atoms with Crippen molar-refractivity contribution in [3.05, 3.63) is 0 Å². The van der Waals surface area contributed by atoms with Crippen molar-refractivity contribution in [2.45, 2.75) is 31.4 Å². The van der Waals surface area contributed by atoms with Crippen LogP contribution in [0.25, 0.3) is 0 Å². The van der Waals surface area contributed by atoms with E-state index in [1.54, 1.807) is 0 Å². The summed E-state index contributed by atoms with van der Waals surface area (Å²) in [5, 5.41) is 0. The Bertz CT molecular complexity index is 79.1. The molecule has 9 heavy (non-hydrogen) atoms. The van der Waals surface area contributed by atoms with E-state index in [-0.39, 0.29) is 0 Å². The summed E-state index contributed by atoms with van der Waals surface area (Å²) >= 11 is 0. The summed E-state index contributed by atoms with van der Waals surface area (Å²) in [6, 6.07) is 0. The summed E-state index contributed by atoms with van der Waals surface area (Å²) in [5.41, 5.74) is 0.609. The molecule has 1 heterocycles. The van der Waals surface area contributed by atoms with Crippen LogP contribution >= 0.6 is 0 Å². The molecule has 1 rings (SSSR count). The van der Waals surface area contributed by atoms with Gasteiger partial charge >= 0.3 is 0 Å². The van der Waals surface area contributed by atoms with E-state index >= 15 is 0 Å². The molecule has 0 aromatic rings. The van der Waals surface area contributed by atoms with Gasteiger partial charge in [-0.15, -0.1) is 0 Å².